The molecule has 18 heavy (non-hydrogen) atoms. The molecule has 2 N–H and O–H groups in total. The highest BCUT2D eigenvalue weighted by Crippen LogP contribution is 2.31. The number of amides is 1. The number of primary amides is 1. The molecule has 0 radical (unpaired) electrons. The van der Waals surface area contributed by atoms with Crippen LogP contribution in [0, 0.1) is 0 Å². The second kappa shape index (κ2) is 3.55. The topological polar surface area (TPSA) is 95.1 Å². The summed E-state index contributed by atoms with van der Waals surface area (Å²) in [5, 5.41) is 4.23. The molecule has 0 bridgehead atoms. The van der Waals surface area contributed by atoms with Crippen LogP contribution in [0.25, 0.3) is 10.9 Å². The second-order valence-corrected chi connectivity index (χ2v) is 6.41. The summed E-state index contributed by atoms with van der Waals surface area (Å²) in [4.78, 5) is 11.1. The van der Waals surface area contributed by atoms with Gasteiger partial charge in [-0.25, -0.2) is 8.42 Å². The summed E-state index contributed by atoms with van der Waals surface area (Å²) in [5.41, 5.74) is 5.86. The van der Waals surface area contributed by atoms with Gasteiger partial charge in [0.2, 0.25) is 5.91 Å². The molecule has 6 nitrogen and oxygen atoms in total. The Kier molecular flexibility index (Phi) is 2.21. The lowest BCUT2D eigenvalue weighted by molar-refractivity contribution is 0.100. The molecule has 0 aliphatic heterocycles. The Labute approximate surface area is 103 Å². The third kappa shape index (κ3) is 1.59. The normalized spacial score (nSPS) is 16.0. The number of hydrogen-bond acceptors (Lipinski definition) is 4. The largest absolute Gasteiger partial charge is 0.366 e. The van der Waals surface area contributed by atoms with Crippen LogP contribution in [0.2, 0.25) is 0 Å². The Balaban J connectivity index is 2.24. The molecule has 1 heterocycles. The van der Waals surface area contributed by atoms with Crippen molar-refractivity contribution in [3.8, 4) is 0 Å². The summed E-state index contributed by atoms with van der Waals surface area (Å²) >= 11 is 0. The molecule has 7 heteroatoms. The average molecular weight is 265 g/mol. The zero-order valence-corrected chi connectivity index (χ0v) is 10.2. The number of aromatic nitrogens is 2. The van der Waals surface area contributed by atoms with Crippen molar-refractivity contribution in [1.29, 1.82) is 0 Å². The van der Waals surface area contributed by atoms with Gasteiger partial charge in [0.15, 0.2) is 0 Å². The van der Waals surface area contributed by atoms with Crippen molar-refractivity contribution in [2.45, 2.75) is 18.1 Å². The minimum atomic E-state index is -3.44. The summed E-state index contributed by atoms with van der Waals surface area (Å²) in [6.07, 6.45) is 2.80. The third-order valence-corrected chi connectivity index (χ3v) is 5.10. The van der Waals surface area contributed by atoms with Crippen molar-refractivity contribution in [3.05, 3.63) is 30.0 Å². The van der Waals surface area contributed by atoms with E-state index >= 15 is 0 Å². The number of carbonyl (C=O) groups is 1. The highest BCUT2D eigenvalue weighted by molar-refractivity contribution is 7.90. The molecule has 0 spiro atoms. The summed E-state index contributed by atoms with van der Waals surface area (Å²) in [6, 6.07) is 4.66. The van der Waals surface area contributed by atoms with E-state index in [0.717, 1.165) is 4.09 Å². The molecule has 0 atom stereocenters. The number of nitrogens with two attached hydrogens (primary N) is 1. The number of benzene rings is 1. The van der Waals surface area contributed by atoms with Crippen LogP contribution >= 0.6 is 0 Å². The third-order valence-electron chi connectivity index (χ3n) is 3.01. The SMILES string of the molecule is NC(=O)c1ccc2cnn(S(=O)(=O)C3CC3)c2c1. The van der Waals surface area contributed by atoms with Gasteiger partial charge in [0, 0.05) is 10.9 Å². The van der Waals surface area contributed by atoms with Crippen LogP contribution < -0.4 is 5.73 Å². The molecular formula is C11H11N3O3S. The zero-order valence-electron chi connectivity index (χ0n) is 9.41. The van der Waals surface area contributed by atoms with Gasteiger partial charge in [-0.05, 0) is 25.0 Å². The molecule has 1 saturated carbocycles. The molecule has 1 amide bonds. The van der Waals surface area contributed by atoms with Crippen molar-refractivity contribution < 1.29 is 13.2 Å². The van der Waals surface area contributed by atoms with E-state index in [2.05, 4.69) is 5.10 Å². The highest BCUT2D eigenvalue weighted by Gasteiger charge is 2.38. The molecule has 3 rings (SSSR count). The van der Waals surface area contributed by atoms with E-state index in [1.807, 2.05) is 0 Å². The monoisotopic (exact) mass is 265 g/mol. The molecular weight excluding hydrogens is 254 g/mol. The average Bonchev–Trinajstić information content (AvgIpc) is 3.08. The number of carbonyl (C=O) groups excluding carboxylic acids is 1. The Bertz CT molecular complexity index is 744. The molecule has 1 fully saturated rings. The van der Waals surface area contributed by atoms with Crippen LogP contribution in [-0.4, -0.2) is 28.8 Å². The van der Waals surface area contributed by atoms with E-state index < -0.39 is 15.9 Å². The van der Waals surface area contributed by atoms with Crippen LogP contribution in [0.1, 0.15) is 23.2 Å². The first-order chi connectivity index (χ1) is 8.50. The van der Waals surface area contributed by atoms with Gasteiger partial charge in [-0.15, -0.1) is 0 Å². The molecule has 1 aromatic carbocycles. The van der Waals surface area contributed by atoms with E-state index in [1.54, 1.807) is 12.1 Å². The van der Waals surface area contributed by atoms with Crippen LogP contribution in [0.4, 0.5) is 0 Å². The predicted octanol–water partition coefficient (Wildman–Crippen LogP) is 0.475. The second-order valence-electron chi connectivity index (χ2n) is 4.37. The Morgan fingerprint density at radius 2 is 2.11 bits per heavy atom. The van der Waals surface area contributed by atoms with Crippen molar-refractivity contribution >= 4 is 26.8 Å². The molecule has 1 aromatic heterocycles. The fraction of sp³-hybridized carbons (Fsp3) is 0.273. The summed E-state index contributed by atoms with van der Waals surface area (Å²) in [7, 11) is -3.44. The van der Waals surface area contributed by atoms with Crippen LogP contribution in [-0.2, 0) is 10.0 Å². The van der Waals surface area contributed by atoms with Crippen molar-refractivity contribution in [3.63, 3.8) is 0 Å². The summed E-state index contributed by atoms with van der Waals surface area (Å²) in [6.45, 7) is 0. The quantitative estimate of drug-likeness (QED) is 0.872. The van der Waals surface area contributed by atoms with E-state index in [-0.39, 0.29) is 10.8 Å². The molecule has 1 aliphatic carbocycles. The minimum absolute atomic E-state index is 0.273. The van der Waals surface area contributed by atoms with Gasteiger partial charge < -0.3 is 5.73 Å². The van der Waals surface area contributed by atoms with Crippen LogP contribution in [0.15, 0.2) is 24.4 Å². The molecule has 0 unspecified atom stereocenters. The number of hydrogen-bond donors (Lipinski definition) is 1. The first-order valence-corrected chi connectivity index (χ1v) is 7.02. The van der Waals surface area contributed by atoms with Gasteiger partial charge in [0.05, 0.1) is 17.0 Å². The number of rotatable bonds is 3. The maximum Gasteiger partial charge on any atom is 0.257 e. The van der Waals surface area contributed by atoms with Crippen LogP contribution in [0.5, 0.6) is 0 Å². The van der Waals surface area contributed by atoms with E-state index in [0.29, 0.717) is 23.7 Å². The smallest absolute Gasteiger partial charge is 0.257 e. The van der Waals surface area contributed by atoms with Crippen molar-refractivity contribution in [2.24, 2.45) is 5.73 Å². The zero-order chi connectivity index (χ0) is 12.9. The van der Waals surface area contributed by atoms with Gasteiger partial charge in [-0.3, -0.25) is 4.79 Å². The van der Waals surface area contributed by atoms with Gasteiger partial charge in [-0.1, -0.05) is 6.07 Å². The molecule has 1 aliphatic rings. The lowest BCUT2D eigenvalue weighted by Crippen LogP contribution is -2.19. The summed E-state index contributed by atoms with van der Waals surface area (Å²) < 4.78 is 25.3. The molecule has 2 aromatic rings. The Morgan fingerprint density at radius 3 is 2.72 bits per heavy atom. The lowest BCUT2D eigenvalue weighted by Gasteiger charge is -2.04. The van der Waals surface area contributed by atoms with Gasteiger partial charge in [0.1, 0.15) is 0 Å². The molecule has 0 saturated heterocycles. The standard InChI is InChI=1S/C11H11N3O3S/c12-11(15)7-1-2-8-6-13-14(10(8)5-7)18(16,17)9-3-4-9/h1-2,5-6,9H,3-4H2,(H2,12,15). The first-order valence-electron chi connectivity index (χ1n) is 5.52. The Hall–Kier alpha value is -1.89. The van der Waals surface area contributed by atoms with Gasteiger partial charge >= 0.3 is 0 Å². The molecule has 94 valence electrons. The Morgan fingerprint density at radius 1 is 1.39 bits per heavy atom. The maximum atomic E-state index is 12.1. The first kappa shape index (κ1) is 11.2. The highest BCUT2D eigenvalue weighted by atomic mass is 32.2. The van der Waals surface area contributed by atoms with Crippen molar-refractivity contribution in [2.75, 3.05) is 0 Å². The summed E-state index contributed by atoms with van der Waals surface area (Å²) in [5.74, 6) is -0.589. The fourth-order valence-corrected chi connectivity index (χ4v) is 3.48. The lowest BCUT2D eigenvalue weighted by atomic mass is 10.1. The van der Waals surface area contributed by atoms with E-state index in [1.165, 1.54) is 12.3 Å². The van der Waals surface area contributed by atoms with Gasteiger partial charge in [-0.2, -0.15) is 9.19 Å². The van der Waals surface area contributed by atoms with Crippen LogP contribution in [0.3, 0.4) is 0 Å². The fourth-order valence-electron chi connectivity index (χ4n) is 1.86. The van der Waals surface area contributed by atoms with E-state index in [4.69, 9.17) is 5.73 Å². The number of nitrogens with zero attached hydrogens (tertiary/aromatic N) is 2. The van der Waals surface area contributed by atoms with Gasteiger partial charge in [0.25, 0.3) is 10.0 Å². The minimum Gasteiger partial charge on any atom is -0.366 e. The van der Waals surface area contributed by atoms with Crippen molar-refractivity contribution in [1.82, 2.24) is 9.19 Å². The number of fused-ring (bicyclic) bond motifs is 1. The maximum absolute atomic E-state index is 12.1. The predicted molar refractivity (Wildman–Crippen MR) is 65.6 cm³/mol. The van der Waals surface area contributed by atoms with E-state index in [9.17, 15) is 13.2 Å².